The van der Waals surface area contributed by atoms with Gasteiger partial charge in [0, 0.05) is 12.4 Å². The second-order valence-corrected chi connectivity index (χ2v) is 5.11. The first-order valence-corrected chi connectivity index (χ1v) is 6.71. The van der Waals surface area contributed by atoms with E-state index in [0.717, 1.165) is 24.4 Å². The molecule has 0 bridgehead atoms. The normalized spacial score (nSPS) is 13.8. The SMILES string of the molecule is CC(NC(=O)c1cnccn1)(C(N)=O)c1cccc(C(F)(F)F)c1. The van der Waals surface area contributed by atoms with Gasteiger partial charge in [0.05, 0.1) is 11.8 Å². The fourth-order valence-corrected chi connectivity index (χ4v) is 1.99. The molecule has 1 heterocycles. The van der Waals surface area contributed by atoms with E-state index >= 15 is 0 Å². The van der Waals surface area contributed by atoms with Crippen LogP contribution in [0.3, 0.4) is 0 Å². The molecule has 1 aromatic heterocycles. The molecule has 2 aromatic rings. The van der Waals surface area contributed by atoms with Crippen LogP contribution in [0.4, 0.5) is 13.2 Å². The van der Waals surface area contributed by atoms with Crippen LogP contribution in [-0.2, 0) is 16.5 Å². The number of aromatic nitrogens is 2. The minimum atomic E-state index is -4.59. The fraction of sp³-hybridized carbons (Fsp3) is 0.200. The van der Waals surface area contributed by atoms with Gasteiger partial charge in [-0.3, -0.25) is 14.6 Å². The maximum Gasteiger partial charge on any atom is 0.416 e. The Labute approximate surface area is 134 Å². The molecule has 0 aliphatic heterocycles. The van der Waals surface area contributed by atoms with Crippen LogP contribution in [0.15, 0.2) is 42.9 Å². The first kappa shape index (κ1) is 17.4. The predicted octanol–water partition coefficient (Wildman–Crippen LogP) is 1.63. The third-order valence-corrected chi connectivity index (χ3v) is 3.42. The number of carbonyl (C=O) groups is 2. The van der Waals surface area contributed by atoms with E-state index in [0.29, 0.717) is 0 Å². The van der Waals surface area contributed by atoms with Crippen molar-refractivity contribution in [3.8, 4) is 0 Å². The Bertz CT molecular complexity index is 765. The van der Waals surface area contributed by atoms with E-state index in [1.807, 2.05) is 0 Å². The first-order chi connectivity index (χ1) is 11.1. The van der Waals surface area contributed by atoms with Crippen molar-refractivity contribution in [1.82, 2.24) is 15.3 Å². The monoisotopic (exact) mass is 338 g/mol. The second-order valence-electron chi connectivity index (χ2n) is 5.11. The molecule has 0 aliphatic carbocycles. The zero-order valence-corrected chi connectivity index (χ0v) is 12.5. The lowest BCUT2D eigenvalue weighted by atomic mass is 9.89. The summed E-state index contributed by atoms with van der Waals surface area (Å²) in [6.07, 6.45) is -0.829. The maximum absolute atomic E-state index is 12.9. The molecule has 0 fully saturated rings. The molecule has 126 valence electrons. The van der Waals surface area contributed by atoms with Crippen molar-refractivity contribution in [3.63, 3.8) is 0 Å². The quantitative estimate of drug-likeness (QED) is 0.885. The molecule has 3 N–H and O–H groups in total. The average molecular weight is 338 g/mol. The highest BCUT2D eigenvalue weighted by molar-refractivity contribution is 5.97. The summed E-state index contributed by atoms with van der Waals surface area (Å²) in [5.74, 6) is -1.80. The van der Waals surface area contributed by atoms with Crippen LogP contribution in [0.25, 0.3) is 0 Å². The number of amides is 2. The Balaban J connectivity index is 2.41. The minimum Gasteiger partial charge on any atom is -0.367 e. The molecule has 2 amide bonds. The summed E-state index contributed by atoms with van der Waals surface area (Å²) in [5.41, 5.74) is 2.31. The summed E-state index contributed by atoms with van der Waals surface area (Å²) in [6.45, 7) is 1.22. The maximum atomic E-state index is 12.9. The third kappa shape index (κ3) is 3.50. The molecule has 0 saturated heterocycles. The van der Waals surface area contributed by atoms with Crippen molar-refractivity contribution >= 4 is 11.8 Å². The van der Waals surface area contributed by atoms with E-state index in [-0.39, 0.29) is 11.3 Å². The van der Waals surface area contributed by atoms with Gasteiger partial charge in [-0.15, -0.1) is 0 Å². The molecule has 0 aliphatic rings. The molecular weight excluding hydrogens is 325 g/mol. The van der Waals surface area contributed by atoms with Gasteiger partial charge in [-0.05, 0) is 24.6 Å². The number of benzene rings is 1. The Morgan fingerprint density at radius 1 is 1.17 bits per heavy atom. The summed E-state index contributed by atoms with van der Waals surface area (Å²) in [7, 11) is 0. The largest absolute Gasteiger partial charge is 0.416 e. The average Bonchev–Trinajstić information content (AvgIpc) is 2.54. The number of nitrogens with two attached hydrogens (primary N) is 1. The molecule has 9 heteroatoms. The molecule has 0 spiro atoms. The van der Waals surface area contributed by atoms with Crippen LogP contribution in [-0.4, -0.2) is 21.8 Å². The van der Waals surface area contributed by atoms with E-state index in [2.05, 4.69) is 15.3 Å². The van der Waals surface area contributed by atoms with Gasteiger partial charge in [-0.2, -0.15) is 13.2 Å². The van der Waals surface area contributed by atoms with E-state index in [4.69, 9.17) is 5.73 Å². The number of nitrogens with zero attached hydrogens (tertiary/aromatic N) is 2. The molecule has 1 unspecified atom stereocenters. The van der Waals surface area contributed by atoms with Gasteiger partial charge in [0.15, 0.2) is 0 Å². The zero-order chi connectivity index (χ0) is 18.0. The molecular formula is C15H13F3N4O2. The van der Waals surface area contributed by atoms with E-state index in [1.165, 1.54) is 25.4 Å². The fourth-order valence-electron chi connectivity index (χ4n) is 1.99. The van der Waals surface area contributed by atoms with Crippen molar-refractivity contribution in [1.29, 1.82) is 0 Å². The van der Waals surface area contributed by atoms with Crippen molar-refractivity contribution in [3.05, 3.63) is 59.7 Å². The number of halogens is 3. The number of primary amides is 1. The van der Waals surface area contributed by atoms with Crippen LogP contribution in [0, 0.1) is 0 Å². The van der Waals surface area contributed by atoms with Crippen LogP contribution in [0.5, 0.6) is 0 Å². The summed E-state index contributed by atoms with van der Waals surface area (Å²) in [6, 6.07) is 4.03. The standard InChI is InChI=1S/C15H13F3N4O2/c1-14(13(19)24,22-12(23)11-8-20-5-6-21-11)9-3-2-4-10(7-9)15(16,17)18/h2-8H,1H3,(H2,19,24)(H,22,23). The van der Waals surface area contributed by atoms with Crippen molar-refractivity contribution < 1.29 is 22.8 Å². The second kappa shape index (κ2) is 6.26. The topological polar surface area (TPSA) is 98.0 Å². The number of nitrogens with one attached hydrogen (secondary N) is 1. The molecule has 1 aromatic carbocycles. The third-order valence-electron chi connectivity index (χ3n) is 3.42. The molecule has 24 heavy (non-hydrogen) atoms. The minimum absolute atomic E-state index is 0.0953. The van der Waals surface area contributed by atoms with Gasteiger partial charge in [-0.25, -0.2) is 4.98 Å². The van der Waals surface area contributed by atoms with Crippen LogP contribution < -0.4 is 11.1 Å². The van der Waals surface area contributed by atoms with Gasteiger partial charge in [0.1, 0.15) is 11.2 Å². The lowest BCUT2D eigenvalue weighted by Gasteiger charge is -2.28. The summed E-state index contributed by atoms with van der Waals surface area (Å²) in [4.78, 5) is 31.5. The zero-order valence-electron chi connectivity index (χ0n) is 12.5. The number of hydrogen-bond donors (Lipinski definition) is 2. The van der Waals surface area contributed by atoms with E-state index < -0.39 is 29.1 Å². The molecule has 0 saturated carbocycles. The van der Waals surface area contributed by atoms with Crippen molar-refractivity contribution in [2.75, 3.05) is 0 Å². The summed E-state index contributed by atoms with van der Waals surface area (Å²) in [5, 5.41) is 2.32. The molecule has 1 atom stereocenters. The Kier molecular flexibility index (Phi) is 4.54. The Hall–Kier alpha value is -2.97. The van der Waals surface area contributed by atoms with Crippen LogP contribution >= 0.6 is 0 Å². The summed E-state index contributed by atoms with van der Waals surface area (Å²) >= 11 is 0. The van der Waals surface area contributed by atoms with Crippen LogP contribution in [0.1, 0.15) is 28.5 Å². The molecule has 0 radical (unpaired) electrons. The van der Waals surface area contributed by atoms with Crippen LogP contribution in [0.2, 0.25) is 0 Å². The number of rotatable bonds is 4. The van der Waals surface area contributed by atoms with E-state index in [1.54, 1.807) is 0 Å². The van der Waals surface area contributed by atoms with Gasteiger partial charge >= 0.3 is 6.18 Å². The number of hydrogen-bond acceptors (Lipinski definition) is 4. The lowest BCUT2D eigenvalue weighted by molar-refractivity contribution is -0.137. The van der Waals surface area contributed by atoms with E-state index in [9.17, 15) is 22.8 Å². The molecule has 2 rings (SSSR count). The van der Waals surface area contributed by atoms with Gasteiger partial charge < -0.3 is 11.1 Å². The smallest absolute Gasteiger partial charge is 0.367 e. The molecule has 6 nitrogen and oxygen atoms in total. The van der Waals surface area contributed by atoms with Gasteiger partial charge in [0.25, 0.3) is 5.91 Å². The van der Waals surface area contributed by atoms with Crippen molar-refractivity contribution in [2.24, 2.45) is 5.73 Å². The van der Waals surface area contributed by atoms with Crippen molar-refractivity contribution in [2.45, 2.75) is 18.6 Å². The highest BCUT2D eigenvalue weighted by atomic mass is 19.4. The predicted molar refractivity (Wildman–Crippen MR) is 77.5 cm³/mol. The highest BCUT2D eigenvalue weighted by Gasteiger charge is 2.38. The highest BCUT2D eigenvalue weighted by Crippen LogP contribution is 2.32. The Morgan fingerprint density at radius 2 is 1.83 bits per heavy atom. The Morgan fingerprint density at radius 3 is 2.38 bits per heavy atom. The van der Waals surface area contributed by atoms with Gasteiger partial charge in [-0.1, -0.05) is 12.1 Å². The number of alkyl halides is 3. The number of carbonyl (C=O) groups excluding carboxylic acids is 2. The van der Waals surface area contributed by atoms with Gasteiger partial charge in [0.2, 0.25) is 5.91 Å². The first-order valence-electron chi connectivity index (χ1n) is 6.71. The lowest BCUT2D eigenvalue weighted by Crippen LogP contribution is -2.53. The summed E-state index contributed by atoms with van der Waals surface area (Å²) < 4.78 is 38.6.